The van der Waals surface area contributed by atoms with Crippen LogP contribution in [0.1, 0.15) is 24.8 Å². The quantitative estimate of drug-likeness (QED) is 0.868. The third-order valence-corrected chi connectivity index (χ3v) is 5.74. The zero-order chi connectivity index (χ0) is 16.7. The Morgan fingerprint density at radius 1 is 1.35 bits per heavy atom. The van der Waals surface area contributed by atoms with Crippen molar-refractivity contribution in [3.8, 4) is 5.75 Å². The average molecular weight is 359 g/mol. The van der Waals surface area contributed by atoms with E-state index in [1.165, 1.54) is 0 Å². The van der Waals surface area contributed by atoms with Gasteiger partial charge in [-0.2, -0.15) is 0 Å². The van der Waals surface area contributed by atoms with Crippen LogP contribution in [0.3, 0.4) is 0 Å². The third kappa shape index (κ3) is 3.03. The minimum absolute atomic E-state index is 0.0282. The van der Waals surface area contributed by atoms with E-state index in [1.54, 1.807) is 12.1 Å². The summed E-state index contributed by atoms with van der Waals surface area (Å²) in [7, 11) is 0. The lowest BCUT2D eigenvalue weighted by atomic mass is 9.95. The molecule has 1 unspecified atom stereocenters. The summed E-state index contributed by atoms with van der Waals surface area (Å²) in [6.45, 7) is 3.53. The molecule has 2 saturated heterocycles. The van der Waals surface area contributed by atoms with Gasteiger partial charge in [0.05, 0.1) is 23.2 Å². The van der Waals surface area contributed by atoms with Crippen LogP contribution in [0.4, 0.5) is 0 Å². The average Bonchev–Trinajstić information content (AvgIpc) is 2.94. The maximum Gasteiger partial charge on any atom is 0.237 e. The van der Waals surface area contributed by atoms with Crippen LogP contribution >= 0.6 is 23.2 Å². The van der Waals surface area contributed by atoms with E-state index in [4.69, 9.17) is 23.2 Å². The highest BCUT2D eigenvalue weighted by Gasteiger charge is 2.42. The largest absolute Gasteiger partial charge is 0.508 e. The number of fused-ring (bicyclic) bond motifs is 1. The van der Waals surface area contributed by atoms with Crippen molar-refractivity contribution in [2.75, 3.05) is 26.2 Å². The summed E-state index contributed by atoms with van der Waals surface area (Å²) < 4.78 is 0. The molecule has 0 spiro atoms. The number of phenolic OH excluding ortho intramolecular Hbond substituents is 1. The zero-order valence-electron chi connectivity index (χ0n) is 12.9. The Bertz CT molecular complexity index is 626. The fraction of sp³-hybridized carbons (Fsp3) is 0.562. The van der Waals surface area contributed by atoms with Crippen molar-refractivity contribution in [3.05, 3.63) is 27.7 Å². The van der Waals surface area contributed by atoms with Gasteiger partial charge in [-0.25, -0.2) is 0 Å². The first-order valence-electron chi connectivity index (χ1n) is 7.73. The molecule has 23 heavy (non-hydrogen) atoms. The summed E-state index contributed by atoms with van der Waals surface area (Å²) in [6, 6.07) is 3.15. The van der Waals surface area contributed by atoms with Crippen molar-refractivity contribution < 1.29 is 15.0 Å². The second kappa shape index (κ2) is 6.48. The number of aliphatic hydroxyl groups is 1. The topological polar surface area (TPSA) is 64.0 Å². The molecule has 2 heterocycles. The Balaban J connectivity index is 1.83. The Labute approximate surface area is 145 Å². The van der Waals surface area contributed by atoms with Crippen LogP contribution in [0, 0.1) is 0 Å². The maximum atomic E-state index is 12.4. The van der Waals surface area contributed by atoms with Gasteiger partial charge in [0.2, 0.25) is 5.91 Å². The first-order chi connectivity index (χ1) is 10.9. The molecule has 1 amide bonds. The van der Waals surface area contributed by atoms with Crippen LogP contribution in [0.15, 0.2) is 12.1 Å². The number of benzene rings is 1. The number of nitrogens with zero attached hydrogens (tertiary/aromatic N) is 2. The molecule has 126 valence electrons. The number of aliphatic hydroxyl groups excluding tert-OH is 1. The van der Waals surface area contributed by atoms with E-state index >= 15 is 0 Å². The van der Waals surface area contributed by atoms with Gasteiger partial charge in [0.1, 0.15) is 5.75 Å². The van der Waals surface area contributed by atoms with E-state index in [9.17, 15) is 15.0 Å². The molecule has 1 aromatic rings. The Morgan fingerprint density at radius 2 is 2.09 bits per heavy atom. The van der Waals surface area contributed by atoms with Crippen LogP contribution in [-0.2, 0) is 4.79 Å². The summed E-state index contributed by atoms with van der Waals surface area (Å²) >= 11 is 12.3. The number of phenols is 1. The van der Waals surface area contributed by atoms with E-state index in [0.29, 0.717) is 28.7 Å². The molecule has 3 rings (SSSR count). The maximum absolute atomic E-state index is 12.4. The molecule has 5 nitrogen and oxygen atoms in total. The predicted molar refractivity (Wildman–Crippen MR) is 89.1 cm³/mol. The van der Waals surface area contributed by atoms with Crippen molar-refractivity contribution in [2.24, 2.45) is 0 Å². The fourth-order valence-corrected chi connectivity index (χ4v) is 4.08. The molecule has 2 fully saturated rings. The van der Waals surface area contributed by atoms with E-state index in [2.05, 4.69) is 0 Å². The Kier molecular flexibility index (Phi) is 4.74. The van der Waals surface area contributed by atoms with Crippen molar-refractivity contribution in [1.29, 1.82) is 0 Å². The molecule has 2 N–H and O–H groups in total. The standard InChI is InChI=1S/C16H20Cl2N2O3/c1-9(8-21)19-6-11-4-10(5-20(11)14(23)7-19)15-13(22)3-2-12(17)16(15)18/h2-3,9-11,21-22H,4-8H2,1H3/t9?,10-,11-/m0/s1. The summed E-state index contributed by atoms with van der Waals surface area (Å²) in [5.74, 6) is 0.151. The molecule has 0 aromatic heterocycles. The molecule has 7 heteroatoms. The van der Waals surface area contributed by atoms with Crippen LogP contribution in [0.25, 0.3) is 0 Å². The minimum Gasteiger partial charge on any atom is -0.508 e. The Hall–Kier alpha value is -1.01. The normalized spacial score (nSPS) is 26.4. The van der Waals surface area contributed by atoms with E-state index in [1.807, 2.05) is 16.7 Å². The highest BCUT2D eigenvalue weighted by Crippen LogP contribution is 2.43. The van der Waals surface area contributed by atoms with Crippen LogP contribution in [0.2, 0.25) is 10.0 Å². The number of hydrogen-bond donors (Lipinski definition) is 2. The number of amides is 1. The molecular formula is C16H20Cl2N2O3. The predicted octanol–water partition coefficient (Wildman–Crippen LogP) is 2.08. The molecule has 0 aliphatic carbocycles. The van der Waals surface area contributed by atoms with Gasteiger partial charge in [-0.1, -0.05) is 23.2 Å². The number of carbonyl (C=O) groups excluding carboxylic acids is 1. The number of halogens is 2. The van der Waals surface area contributed by atoms with Gasteiger partial charge in [-0.05, 0) is 25.5 Å². The fourth-order valence-electron chi connectivity index (χ4n) is 3.60. The molecule has 3 atom stereocenters. The van der Waals surface area contributed by atoms with E-state index in [-0.39, 0.29) is 36.3 Å². The number of hydrogen-bond acceptors (Lipinski definition) is 4. The third-order valence-electron chi connectivity index (χ3n) is 4.92. The molecule has 1 aromatic carbocycles. The molecule has 0 radical (unpaired) electrons. The van der Waals surface area contributed by atoms with Gasteiger partial charge in [-0.15, -0.1) is 0 Å². The van der Waals surface area contributed by atoms with Gasteiger partial charge in [0, 0.05) is 36.7 Å². The number of rotatable bonds is 3. The van der Waals surface area contributed by atoms with Crippen molar-refractivity contribution >= 4 is 29.1 Å². The molecule has 2 aliphatic rings. The van der Waals surface area contributed by atoms with Crippen molar-refractivity contribution in [2.45, 2.75) is 31.3 Å². The van der Waals surface area contributed by atoms with Crippen LogP contribution in [-0.4, -0.2) is 64.2 Å². The summed E-state index contributed by atoms with van der Waals surface area (Å²) in [4.78, 5) is 16.3. The smallest absolute Gasteiger partial charge is 0.237 e. The first-order valence-corrected chi connectivity index (χ1v) is 8.49. The van der Waals surface area contributed by atoms with Gasteiger partial charge >= 0.3 is 0 Å². The monoisotopic (exact) mass is 358 g/mol. The highest BCUT2D eigenvalue weighted by molar-refractivity contribution is 6.42. The first kappa shape index (κ1) is 16.8. The number of piperazine rings is 1. The van der Waals surface area contributed by atoms with Gasteiger partial charge in [0.15, 0.2) is 0 Å². The van der Waals surface area contributed by atoms with Gasteiger partial charge in [-0.3, -0.25) is 9.69 Å². The van der Waals surface area contributed by atoms with Crippen LogP contribution in [0.5, 0.6) is 5.75 Å². The van der Waals surface area contributed by atoms with E-state index in [0.717, 1.165) is 13.0 Å². The zero-order valence-corrected chi connectivity index (χ0v) is 14.4. The summed E-state index contributed by atoms with van der Waals surface area (Å²) in [5.41, 5.74) is 0.628. The summed E-state index contributed by atoms with van der Waals surface area (Å²) in [6.07, 6.45) is 0.730. The lowest BCUT2D eigenvalue weighted by Crippen LogP contribution is -2.56. The highest BCUT2D eigenvalue weighted by atomic mass is 35.5. The van der Waals surface area contributed by atoms with Gasteiger partial charge in [0.25, 0.3) is 0 Å². The lowest BCUT2D eigenvalue weighted by Gasteiger charge is -2.39. The number of aromatic hydroxyl groups is 1. The second-order valence-corrected chi connectivity index (χ2v) is 7.17. The SMILES string of the molecule is CC(CO)N1CC(=O)N2C[C@@H](c3c(O)ccc(Cl)c3Cl)C[C@H]2C1. The van der Waals surface area contributed by atoms with E-state index < -0.39 is 0 Å². The van der Waals surface area contributed by atoms with Crippen molar-refractivity contribution in [1.82, 2.24) is 9.80 Å². The second-order valence-electron chi connectivity index (χ2n) is 6.39. The number of carbonyl (C=O) groups is 1. The van der Waals surface area contributed by atoms with Crippen molar-refractivity contribution in [3.63, 3.8) is 0 Å². The molecule has 0 saturated carbocycles. The Morgan fingerprint density at radius 3 is 2.78 bits per heavy atom. The van der Waals surface area contributed by atoms with Gasteiger partial charge < -0.3 is 15.1 Å². The molecule has 2 aliphatic heterocycles. The molecular weight excluding hydrogens is 339 g/mol. The minimum atomic E-state index is -0.0386. The molecule has 0 bridgehead atoms. The lowest BCUT2D eigenvalue weighted by molar-refractivity contribution is -0.139. The van der Waals surface area contributed by atoms with Crippen LogP contribution < -0.4 is 0 Å². The summed E-state index contributed by atoms with van der Waals surface area (Å²) in [5, 5.41) is 20.3.